The Kier molecular flexibility index (Phi) is 2.51. The van der Waals surface area contributed by atoms with E-state index in [1.165, 1.54) is 11.1 Å². The van der Waals surface area contributed by atoms with Crippen molar-refractivity contribution < 1.29 is 0 Å². The molecular formula is C13H18N2. The molecule has 0 unspecified atom stereocenters. The normalized spacial score (nSPS) is 11.9. The average Bonchev–Trinajstić information content (AvgIpc) is 2.59. The van der Waals surface area contributed by atoms with Crippen LogP contribution in [0, 0.1) is 0 Å². The third-order valence-electron chi connectivity index (χ3n) is 2.79. The summed E-state index contributed by atoms with van der Waals surface area (Å²) in [7, 11) is 0. The first-order valence-corrected chi connectivity index (χ1v) is 5.55. The van der Waals surface area contributed by atoms with Crippen molar-refractivity contribution in [1.82, 2.24) is 9.38 Å². The van der Waals surface area contributed by atoms with Crippen molar-refractivity contribution in [3.8, 4) is 0 Å². The van der Waals surface area contributed by atoms with Gasteiger partial charge in [0.25, 0.3) is 0 Å². The Hall–Kier alpha value is -1.31. The Labute approximate surface area is 91.0 Å². The maximum absolute atomic E-state index is 4.44. The van der Waals surface area contributed by atoms with E-state index in [9.17, 15) is 0 Å². The third kappa shape index (κ3) is 1.89. The minimum absolute atomic E-state index is 0.493. The molecule has 2 heteroatoms. The van der Waals surface area contributed by atoms with Crippen molar-refractivity contribution in [2.45, 2.75) is 39.5 Å². The van der Waals surface area contributed by atoms with Crippen molar-refractivity contribution in [1.29, 1.82) is 0 Å². The molecule has 15 heavy (non-hydrogen) atoms. The van der Waals surface area contributed by atoms with Crippen LogP contribution in [0.1, 0.15) is 50.8 Å². The first-order valence-electron chi connectivity index (χ1n) is 5.55. The van der Waals surface area contributed by atoms with E-state index >= 15 is 0 Å². The van der Waals surface area contributed by atoms with Gasteiger partial charge < -0.3 is 4.40 Å². The first-order chi connectivity index (χ1) is 7.08. The molecule has 80 valence electrons. The van der Waals surface area contributed by atoms with Crippen LogP contribution in [0.4, 0.5) is 0 Å². The Balaban J connectivity index is 2.52. The molecule has 0 spiro atoms. The fourth-order valence-corrected chi connectivity index (χ4v) is 1.68. The highest BCUT2D eigenvalue weighted by atomic mass is 14.9. The minimum Gasteiger partial charge on any atom is -0.308 e. The van der Waals surface area contributed by atoms with Gasteiger partial charge in [-0.05, 0) is 29.5 Å². The summed E-state index contributed by atoms with van der Waals surface area (Å²) in [5.41, 5.74) is 3.78. The van der Waals surface area contributed by atoms with Gasteiger partial charge in [-0.1, -0.05) is 27.7 Å². The number of fused-ring (bicyclic) bond motifs is 1. The van der Waals surface area contributed by atoms with Gasteiger partial charge in [-0.2, -0.15) is 0 Å². The monoisotopic (exact) mass is 202 g/mol. The molecule has 0 N–H and O–H groups in total. The van der Waals surface area contributed by atoms with E-state index in [2.05, 4.69) is 55.4 Å². The zero-order valence-electron chi connectivity index (χ0n) is 9.86. The highest BCUT2D eigenvalue weighted by molar-refractivity contribution is 5.51. The summed E-state index contributed by atoms with van der Waals surface area (Å²) in [5, 5.41) is 0. The summed E-state index contributed by atoms with van der Waals surface area (Å²) in [6.45, 7) is 8.77. The highest BCUT2D eigenvalue weighted by Crippen LogP contribution is 2.20. The van der Waals surface area contributed by atoms with Gasteiger partial charge in [0.2, 0.25) is 0 Å². The molecule has 0 aromatic carbocycles. The second-order valence-electron chi connectivity index (χ2n) is 4.73. The molecular weight excluding hydrogens is 184 g/mol. The lowest BCUT2D eigenvalue weighted by Gasteiger charge is -2.03. The molecule has 2 aromatic rings. The summed E-state index contributed by atoms with van der Waals surface area (Å²) in [4.78, 5) is 4.44. The molecule has 2 heterocycles. The zero-order valence-corrected chi connectivity index (χ0v) is 9.86. The summed E-state index contributed by atoms with van der Waals surface area (Å²) in [5.74, 6) is 1.07. The second kappa shape index (κ2) is 3.69. The number of nitrogens with zero attached hydrogens (tertiary/aromatic N) is 2. The SMILES string of the molecule is CC(C)c1cc2cc(C(C)C)ncn2c1. The van der Waals surface area contributed by atoms with E-state index in [0.717, 1.165) is 5.69 Å². The van der Waals surface area contributed by atoms with Crippen molar-refractivity contribution in [2.24, 2.45) is 0 Å². The van der Waals surface area contributed by atoms with Gasteiger partial charge in [0, 0.05) is 17.4 Å². The molecule has 0 aliphatic rings. The van der Waals surface area contributed by atoms with Crippen molar-refractivity contribution >= 4 is 5.52 Å². The quantitative estimate of drug-likeness (QED) is 0.727. The molecule has 0 atom stereocenters. The smallest absolute Gasteiger partial charge is 0.0994 e. The van der Waals surface area contributed by atoms with E-state index < -0.39 is 0 Å². The topological polar surface area (TPSA) is 17.3 Å². The van der Waals surface area contributed by atoms with Gasteiger partial charge in [0.1, 0.15) is 0 Å². The van der Waals surface area contributed by atoms with Gasteiger partial charge in [-0.25, -0.2) is 4.98 Å². The fourth-order valence-electron chi connectivity index (χ4n) is 1.68. The molecule has 0 saturated heterocycles. The maximum Gasteiger partial charge on any atom is 0.0994 e. The summed E-state index contributed by atoms with van der Waals surface area (Å²) in [6, 6.07) is 4.43. The first kappa shape index (κ1) is 10.2. The largest absolute Gasteiger partial charge is 0.308 e. The molecule has 2 rings (SSSR count). The predicted octanol–water partition coefficient (Wildman–Crippen LogP) is 3.58. The Morgan fingerprint density at radius 2 is 1.80 bits per heavy atom. The molecule has 0 radical (unpaired) electrons. The Morgan fingerprint density at radius 1 is 1.07 bits per heavy atom. The van der Waals surface area contributed by atoms with Crippen LogP contribution in [0.5, 0.6) is 0 Å². The third-order valence-corrected chi connectivity index (χ3v) is 2.79. The molecule has 2 aromatic heterocycles. The molecule has 0 aliphatic heterocycles. The predicted molar refractivity (Wildman–Crippen MR) is 63.4 cm³/mol. The van der Waals surface area contributed by atoms with Gasteiger partial charge in [-0.15, -0.1) is 0 Å². The van der Waals surface area contributed by atoms with Gasteiger partial charge in [-0.3, -0.25) is 0 Å². The van der Waals surface area contributed by atoms with Crippen LogP contribution in [0.2, 0.25) is 0 Å². The number of hydrogen-bond donors (Lipinski definition) is 0. The molecule has 0 fully saturated rings. The summed E-state index contributed by atoms with van der Waals surface area (Å²) in [6.07, 6.45) is 4.08. The molecule has 0 saturated carbocycles. The number of aromatic nitrogens is 2. The van der Waals surface area contributed by atoms with E-state index in [1.807, 2.05) is 6.33 Å². The zero-order chi connectivity index (χ0) is 11.0. The molecule has 0 amide bonds. The molecule has 0 aliphatic carbocycles. The summed E-state index contributed by atoms with van der Waals surface area (Å²) >= 11 is 0. The van der Waals surface area contributed by atoms with Crippen molar-refractivity contribution in [3.63, 3.8) is 0 Å². The number of hydrogen-bond acceptors (Lipinski definition) is 1. The van der Waals surface area contributed by atoms with Gasteiger partial charge >= 0.3 is 0 Å². The van der Waals surface area contributed by atoms with Crippen LogP contribution in [0.3, 0.4) is 0 Å². The summed E-state index contributed by atoms with van der Waals surface area (Å²) < 4.78 is 2.10. The van der Waals surface area contributed by atoms with Crippen LogP contribution in [0.25, 0.3) is 5.52 Å². The number of rotatable bonds is 2. The van der Waals surface area contributed by atoms with Crippen LogP contribution in [-0.4, -0.2) is 9.38 Å². The highest BCUT2D eigenvalue weighted by Gasteiger charge is 2.06. The van der Waals surface area contributed by atoms with Gasteiger partial charge in [0.05, 0.1) is 6.33 Å². The lowest BCUT2D eigenvalue weighted by Crippen LogP contribution is -1.94. The fraction of sp³-hybridized carbons (Fsp3) is 0.462. The Morgan fingerprint density at radius 3 is 2.40 bits per heavy atom. The van der Waals surface area contributed by atoms with E-state index in [1.54, 1.807) is 0 Å². The van der Waals surface area contributed by atoms with Crippen LogP contribution >= 0.6 is 0 Å². The molecule has 2 nitrogen and oxygen atoms in total. The standard InChI is InChI=1S/C13H18N2/c1-9(2)11-5-12-6-13(10(3)4)14-8-15(12)7-11/h5-10H,1-4H3. The lowest BCUT2D eigenvalue weighted by molar-refractivity contribution is 0.812. The van der Waals surface area contributed by atoms with Crippen molar-refractivity contribution in [2.75, 3.05) is 0 Å². The lowest BCUT2D eigenvalue weighted by atomic mass is 10.1. The second-order valence-corrected chi connectivity index (χ2v) is 4.73. The van der Waals surface area contributed by atoms with E-state index in [-0.39, 0.29) is 0 Å². The molecule has 0 bridgehead atoms. The van der Waals surface area contributed by atoms with Crippen molar-refractivity contribution in [3.05, 3.63) is 35.9 Å². The average molecular weight is 202 g/mol. The Bertz CT molecular complexity index is 460. The van der Waals surface area contributed by atoms with Crippen LogP contribution in [0.15, 0.2) is 24.7 Å². The van der Waals surface area contributed by atoms with E-state index in [4.69, 9.17) is 0 Å². The van der Waals surface area contributed by atoms with Crippen LogP contribution < -0.4 is 0 Å². The van der Waals surface area contributed by atoms with E-state index in [0.29, 0.717) is 11.8 Å². The minimum atomic E-state index is 0.493. The van der Waals surface area contributed by atoms with Gasteiger partial charge in [0.15, 0.2) is 0 Å². The maximum atomic E-state index is 4.44. The van der Waals surface area contributed by atoms with Crippen LogP contribution in [-0.2, 0) is 0 Å².